The predicted octanol–water partition coefficient (Wildman–Crippen LogP) is 3.29. The van der Waals surface area contributed by atoms with E-state index in [1.807, 2.05) is 69.0 Å². The van der Waals surface area contributed by atoms with Gasteiger partial charge in [0.25, 0.3) is 5.91 Å². The van der Waals surface area contributed by atoms with Gasteiger partial charge in [-0.15, -0.1) is 0 Å². The zero-order valence-electron chi connectivity index (χ0n) is 22.8. The fraction of sp³-hybridized carbons (Fsp3) is 0.367. The molecule has 4 heterocycles. The molecule has 0 spiro atoms. The Morgan fingerprint density at radius 3 is 2.45 bits per heavy atom. The number of rotatable bonds is 8. The van der Waals surface area contributed by atoms with Crippen LogP contribution >= 0.6 is 0 Å². The van der Waals surface area contributed by atoms with Crippen molar-refractivity contribution in [2.24, 2.45) is 0 Å². The van der Waals surface area contributed by atoms with Crippen LogP contribution in [0, 0.1) is 0 Å². The highest BCUT2D eigenvalue weighted by Gasteiger charge is 2.22. The lowest BCUT2D eigenvalue weighted by atomic mass is 10.1. The van der Waals surface area contributed by atoms with E-state index in [9.17, 15) is 9.59 Å². The zero-order valence-corrected chi connectivity index (χ0v) is 22.8. The van der Waals surface area contributed by atoms with Crippen molar-refractivity contribution in [2.45, 2.75) is 19.3 Å². The summed E-state index contributed by atoms with van der Waals surface area (Å²) < 4.78 is 1.96. The highest BCUT2D eigenvalue weighted by molar-refractivity contribution is 5.95. The monoisotopic (exact) mass is 538 g/mol. The van der Waals surface area contributed by atoms with Crippen LogP contribution in [0.5, 0.6) is 0 Å². The summed E-state index contributed by atoms with van der Waals surface area (Å²) in [6.45, 7) is 5.48. The number of likely N-dealkylation sites (N-methyl/N-ethyl adjacent to an activating group) is 1. The molecule has 2 aliphatic heterocycles. The van der Waals surface area contributed by atoms with Gasteiger partial charge < -0.3 is 20.0 Å². The summed E-state index contributed by atoms with van der Waals surface area (Å²) in [5.74, 6) is 1.50. The number of para-hydroxylation sites is 1. The Morgan fingerprint density at radius 2 is 1.73 bits per heavy atom. The topological polar surface area (TPSA) is 99.5 Å². The number of amides is 2. The van der Waals surface area contributed by atoms with Gasteiger partial charge in [0.2, 0.25) is 5.91 Å². The SMILES string of the molecule is CN1CCN(C(=O)c2ccc(-c3nc(NCCCN4CCCC4=O)c4ncn(-c5ccccc5)c4n3)cc2)CC1. The number of fused-ring (bicyclic) bond motifs is 1. The van der Waals surface area contributed by atoms with Crippen molar-refractivity contribution >= 4 is 28.8 Å². The number of carbonyl (C=O) groups is 2. The number of piperazine rings is 1. The summed E-state index contributed by atoms with van der Waals surface area (Å²) in [5.41, 5.74) is 3.83. The van der Waals surface area contributed by atoms with E-state index >= 15 is 0 Å². The molecule has 1 N–H and O–H groups in total. The quantitative estimate of drug-likeness (QED) is 0.344. The Balaban J connectivity index is 1.27. The van der Waals surface area contributed by atoms with E-state index in [0.717, 1.165) is 63.4 Å². The molecule has 10 nitrogen and oxygen atoms in total. The molecular weight excluding hydrogens is 504 g/mol. The molecule has 4 aromatic rings. The van der Waals surface area contributed by atoms with Gasteiger partial charge in [-0.1, -0.05) is 30.3 Å². The van der Waals surface area contributed by atoms with Crippen LogP contribution in [-0.2, 0) is 4.79 Å². The minimum absolute atomic E-state index is 0.0528. The first-order valence-electron chi connectivity index (χ1n) is 14.0. The number of hydrogen-bond donors (Lipinski definition) is 1. The lowest BCUT2D eigenvalue weighted by Gasteiger charge is -2.32. The number of imidazole rings is 1. The fourth-order valence-corrected chi connectivity index (χ4v) is 5.30. The van der Waals surface area contributed by atoms with Gasteiger partial charge in [-0.2, -0.15) is 0 Å². The fourth-order valence-electron chi connectivity index (χ4n) is 5.30. The molecular formula is C30H34N8O2. The van der Waals surface area contributed by atoms with E-state index in [2.05, 4.69) is 22.2 Å². The molecule has 0 aliphatic carbocycles. The number of likely N-dealkylation sites (tertiary alicyclic amines) is 1. The van der Waals surface area contributed by atoms with Crippen LogP contribution in [-0.4, -0.2) is 98.9 Å². The minimum atomic E-state index is 0.0528. The van der Waals surface area contributed by atoms with Crippen molar-refractivity contribution in [3.63, 3.8) is 0 Å². The van der Waals surface area contributed by atoms with Crippen molar-refractivity contribution in [1.29, 1.82) is 0 Å². The van der Waals surface area contributed by atoms with Crippen LogP contribution in [0.3, 0.4) is 0 Å². The normalized spacial score (nSPS) is 16.2. The van der Waals surface area contributed by atoms with Gasteiger partial charge in [0.1, 0.15) is 6.33 Å². The molecule has 0 atom stereocenters. The van der Waals surface area contributed by atoms with Crippen LogP contribution in [0.15, 0.2) is 60.9 Å². The summed E-state index contributed by atoms with van der Waals surface area (Å²) in [5, 5.41) is 3.45. The lowest BCUT2D eigenvalue weighted by Crippen LogP contribution is -2.47. The Labute approximate surface area is 233 Å². The summed E-state index contributed by atoms with van der Waals surface area (Å²) in [6, 6.07) is 17.5. The first-order valence-corrected chi connectivity index (χ1v) is 14.0. The number of carbonyl (C=O) groups excluding carboxylic acids is 2. The van der Waals surface area contributed by atoms with Gasteiger partial charge in [0.05, 0.1) is 0 Å². The molecule has 2 aliphatic rings. The molecule has 206 valence electrons. The molecule has 2 amide bonds. The van der Waals surface area contributed by atoms with Crippen LogP contribution in [0.4, 0.5) is 5.82 Å². The van der Waals surface area contributed by atoms with E-state index < -0.39 is 0 Å². The highest BCUT2D eigenvalue weighted by atomic mass is 16.2. The molecule has 0 radical (unpaired) electrons. The summed E-state index contributed by atoms with van der Waals surface area (Å²) in [4.78, 5) is 45.5. The summed E-state index contributed by atoms with van der Waals surface area (Å²) in [7, 11) is 2.08. The molecule has 10 heteroatoms. The second-order valence-corrected chi connectivity index (χ2v) is 10.5. The number of nitrogens with one attached hydrogen (secondary N) is 1. The molecule has 2 saturated heterocycles. The maximum absolute atomic E-state index is 13.0. The third-order valence-corrected chi connectivity index (χ3v) is 7.68. The molecule has 2 aromatic heterocycles. The third-order valence-electron chi connectivity index (χ3n) is 7.68. The first kappa shape index (κ1) is 25.9. The molecule has 2 aromatic carbocycles. The van der Waals surface area contributed by atoms with Crippen molar-refractivity contribution in [3.05, 3.63) is 66.5 Å². The van der Waals surface area contributed by atoms with E-state index in [0.29, 0.717) is 41.3 Å². The molecule has 0 unspecified atom stereocenters. The second-order valence-electron chi connectivity index (χ2n) is 10.5. The van der Waals surface area contributed by atoms with E-state index in [4.69, 9.17) is 9.97 Å². The predicted molar refractivity (Wildman–Crippen MR) is 154 cm³/mol. The summed E-state index contributed by atoms with van der Waals surface area (Å²) in [6.07, 6.45) is 4.18. The second kappa shape index (κ2) is 11.4. The number of nitrogens with zero attached hydrogens (tertiary/aromatic N) is 7. The van der Waals surface area contributed by atoms with E-state index in [1.165, 1.54) is 0 Å². The largest absolute Gasteiger partial charge is 0.368 e. The Kier molecular flexibility index (Phi) is 7.41. The summed E-state index contributed by atoms with van der Waals surface area (Å²) >= 11 is 0. The Hall–Kier alpha value is -4.31. The van der Waals surface area contributed by atoms with Crippen LogP contribution in [0.1, 0.15) is 29.6 Å². The van der Waals surface area contributed by atoms with Gasteiger partial charge in [-0.25, -0.2) is 15.0 Å². The number of anilines is 1. The zero-order chi connectivity index (χ0) is 27.5. The number of hydrogen-bond acceptors (Lipinski definition) is 7. The Bertz CT molecular complexity index is 1490. The maximum atomic E-state index is 13.0. The van der Waals surface area contributed by atoms with Crippen molar-refractivity contribution in [3.8, 4) is 17.1 Å². The average Bonchev–Trinajstić information content (AvgIpc) is 3.61. The average molecular weight is 539 g/mol. The van der Waals surface area contributed by atoms with Crippen molar-refractivity contribution in [1.82, 2.24) is 34.2 Å². The minimum Gasteiger partial charge on any atom is -0.368 e. The van der Waals surface area contributed by atoms with Crippen molar-refractivity contribution < 1.29 is 9.59 Å². The molecule has 2 fully saturated rings. The van der Waals surface area contributed by atoms with Gasteiger partial charge in [-0.3, -0.25) is 14.2 Å². The van der Waals surface area contributed by atoms with Crippen molar-refractivity contribution in [2.75, 3.05) is 58.2 Å². The Morgan fingerprint density at radius 1 is 0.950 bits per heavy atom. The molecule has 40 heavy (non-hydrogen) atoms. The highest BCUT2D eigenvalue weighted by Crippen LogP contribution is 2.27. The molecule has 0 saturated carbocycles. The number of benzene rings is 2. The van der Waals surface area contributed by atoms with Gasteiger partial charge >= 0.3 is 0 Å². The lowest BCUT2D eigenvalue weighted by molar-refractivity contribution is -0.127. The third kappa shape index (κ3) is 5.40. The van der Waals surface area contributed by atoms with Crippen LogP contribution in [0.2, 0.25) is 0 Å². The van der Waals surface area contributed by atoms with E-state index in [1.54, 1.807) is 6.33 Å². The van der Waals surface area contributed by atoms with Gasteiger partial charge in [0.15, 0.2) is 22.8 Å². The standard InChI is InChI=1S/C30H34N8O2/c1-35-17-19-37(20-18-35)30(40)23-12-10-22(11-13-23)27-33-28(31-14-6-16-36-15-5-9-25(36)39)26-29(34-27)38(21-32-26)24-7-3-2-4-8-24/h2-4,7-8,10-13,21H,5-6,9,14-20H2,1H3,(H,31,33,34). The maximum Gasteiger partial charge on any atom is 0.253 e. The first-order chi connectivity index (χ1) is 19.6. The van der Waals surface area contributed by atoms with Crippen LogP contribution < -0.4 is 5.32 Å². The number of aromatic nitrogens is 4. The smallest absolute Gasteiger partial charge is 0.253 e. The van der Waals surface area contributed by atoms with E-state index in [-0.39, 0.29) is 11.8 Å². The van der Waals surface area contributed by atoms with Gasteiger partial charge in [0, 0.05) is 69.0 Å². The molecule has 6 rings (SSSR count). The van der Waals surface area contributed by atoms with Gasteiger partial charge in [-0.05, 0) is 44.2 Å². The molecule has 0 bridgehead atoms. The van der Waals surface area contributed by atoms with Crippen LogP contribution in [0.25, 0.3) is 28.2 Å².